The molecule has 0 aromatic heterocycles. The summed E-state index contributed by atoms with van der Waals surface area (Å²) in [6, 6.07) is 3.88. The van der Waals surface area contributed by atoms with Gasteiger partial charge in [-0.15, -0.1) is 11.8 Å². The summed E-state index contributed by atoms with van der Waals surface area (Å²) >= 11 is 1.42. The molecule has 0 aliphatic rings. The van der Waals surface area contributed by atoms with Gasteiger partial charge in [-0.1, -0.05) is 0 Å². The second-order valence-corrected chi connectivity index (χ2v) is 4.74. The number of carboxylic acid groups (broad SMARTS) is 1. The van der Waals surface area contributed by atoms with Crippen LogP contribution < -0.4 is 5.32 Å². The molecule has 19 heavy (non-hydrogen) atoms. The Balaban J connectivity index is 2.51. The van der Waals surface area contributed by atoms with E-state index in [2.05, 4.69) is 5.32 Å². The number of carbonyl (C=O) groups excluding carboxylic acids is 1. The number of hydrogen-bond donors (Lipinski definition) is 3. The fourth-order valence-corrected chi connectivity index (χ4v) is 1.98. The minimum Gasteiger partial charge on any atom is -0.507 e. The van der Waals surface area contributed by atoms with E-state index in [9.17, 15) is 14.7 Å². The summed E-state index contributed by atoms with van der Waals surface area (Å²) in [5, 5.41) is 20.8. The number of aromatic carboxylic acids is 1. The van der Waals surface area contributed by atoms with Crippen molar-refractivity contribution in [2.75, 3.05) is 30.5 Å². The van der Waals surface area contributed by atoms with Gasteiger partial charge in [-0.3, -0.25) is 4.79 Å². The normalized spacial score (nSPS) is 10.2. The van der Waals surface area contributed by atoms with Gasteiger partial charge in [0.05, 0.1) is 12.4 Å². The molecule has 3 N–H and O–H groups in total. The van der Waals surface area contributed by atoms with Crippen LogP contribution in [0.4, 0.5) is 5.69 Å². The monoisotopic (exact) mass is 285 g/mol. The molecule has 0 fully saturated rings. The van der Waals surface area contributed by atoms with Crippen LogP contribution in [0.15, 0.2) is 18.2 Å². The molecule has 7 heteroatoms. The second kappa shape index (κ2) is 7.65. The van der Waals surface area contributed by atoms with Crippen LogP contribution in [0.1, 0.15) is 10.4 Å². The predicted molar refractivity (Wildman–Crippen MR) is 72.9 cm³/mol. The Hall–Kier alpha value is -1.73. The Morgan fingerprint density at radius 3 is 2.74 bits per heavy atom. The lowest BCUT2D eigenvalue weighted by molar-refractivity contribution is -0.113. The van der Waals surface area contributed by atoms with Crippen LogP contribution in [0.5, 0.6) is 5.75 Å². The number of rotatable bonds is 7. The average molecular weight is 285 g/mol. The van der Waals surface area contributed by atoms with Crippen molar-refractivity contribution in [3.63, 3.8) is 0 Å². The Morgan fingerprint density at radius 2 is 2.16 bits per heavy atom. The van der Waals surface area contributed by atoms with Crippen LogP contribution in [-0.2, 0) is 9.53 Å². The summed E-state index contributed by atoms with van der Waals surface area (Å²) in [4.78, 5) is 22.2. The van der Waals surface area contributed by atoms with Gasteiger partial charge in [0.1, 0.15) is 11.3 Å². The number of benzene rings is 1. The highest BCUT2D eigenvalue weighted by molar-refractivity contribution is 7.99. The summed E-state index contributed by atoms with van der Waals surface area (Å²) in [7, 11) is 1.59. The molecule has 1 aromatic rings. The number of carboxylic acids is 1. The van der Waals surface area contributed by atoms with E-state index in [1.54, 1.807) is 7.11 Å². The zero-order valence-corrected chi connectivity index (χ0v) is 11.2. The fraction of sp³-hybridized carbons (Fsp3) is 0.333. The number of phenols is 1. The molecule has 0 saturated heterocycles. The van der Waals surface area contributed by atoms with Gasteiger partial charge in [0, 0.05) is 24.6 Å². The Labute approximate surface area is 114 Å². The predicted octanol–water partition coefficient (Wildman–Crippen LogP) is 1.41. The number of methoxy groups -OCH3 is 1. The van der Waals surface area contributed by atoms with Gasteiger partial charge >= 0.3 is 5.97 Å². The third kappa shape index (κ3) is 5.19. The summed E-state index contributed by atoms with van der Waals surface area (Å²) in [6.45, 7) is 0.575. The number of hydrogen-bond acceptors (Lipinski definition) is 5. The van der Waals surface area contributed by atoms with Gasteiger partial charge in [0.15, 0.2) is 0 Å². The number of nitrogens with one attached hydrogen (secondary N) is 1. The van der Waals surface area contributed by atoms with Crippen molar-refractivity contribution in [1.82, 2.24) is 0 Å². The molecule has 0 aliphatic heterocycles. The molecule has 0 aliphatic carbocycles. The molecule has 0 unspecified atom stereocenters. The van der Waals surface area contributed by atoms with Gasteiger partial charge in [-0.2, -0.15) is 0 Å². The number of thioether (sulfide) groups is 1. The van der Waals surface area contributed by atoms with E-state index in [1.165, 1.54) is 30.0 Å². The zero-order valence-electron chi connectivity index (χ0n) is 10.4. The first-order valence-electron chi connectivity index (χ1n) is 5.47. The molecular weight excluding hydrogens is 270 g/mol. The van der Waals surface area contributed by atoms with E-state index in [4.69, 9.17) is 9.84 Å². The van der Waals surface area contributed by atoms with Crippen LogP contribution in [0, 0.1) is 0 Å². The lowest BCUT2D eigenvalue weighted by Crippen LogP contribution is -2.15. The standard InChI is InChI=1S/C12H15NO5S/c1-18-4-5-19-7-11(15)13-8-2-3-9(12(16)17)10(14)6-8/h2-3,6,14H,4-5,7H2,1H3,(H,13,15)(H,16,17). The molecule has 104 valence electrons. The van der Waals surface area contributed by atoms with E-state index in [0.29, 0.717) is 18.0 Å². The maximum Gasteiger partial charge on any atom is 0.339 e. The van der Waals surface area contributed by atoms with Crippen LogP contribution in [0.25, 0.3) is 0 Å². The number of carbonyl (C=O) groups is 2. The Kier molecular flexibility index (Phi) is 6.17. The maximum atomic E-state index is 11.5. The molecule has 6 nitrogen and oxygen atoms in total. The number of aromatic hydroxyl groups is 1. The molecule has 0 heterocycles. The first-order chi connectivity index (χ1) is 9.04. The van der Waals surface area contributed by atoms with E-state index in [-0.39, 0.29) is 23.0 Å². The van der Waals surface area contributed by atoms with Gasteiger partial charge in [0.25, 0.3) is 0 Å². The van der Waals surface area contributed by atoms with Gasteiger partial charge in [-0.25, -0.2) is 4.79 Å². The molecule has 0 saturated carbocycles. The summed E-state index contributed by atoms with van der Waals surface area (Å²) in [5.41, 5.74) is 0.160. The lowest BCUT2D eigenvalue weighted by Gasteiger charge is -2.07. The lowest BCUT2D eigenvalue weighted by atomic mass is 10.2. The van der Waals surface area contributed by atoms with E-state index >= 15 is 0 Å². The van der Waals surface area contributed by atoms with Crippen molar-refractivity contribution < 1.29 is 24.5 Å². The van der Waals surface area contributed by atoms with Gasteiger partial charge < -0.3 is 20.3 Å². The van der Waals surface area contributed by atoms with Crippen LogP contribution >= 0.6 is 11.8 Å². The van der Waals surface area contributed by atoms with Crippen LogP contribution in [0.2, 0.25) is 0 Å². The second-order valence-electron chi connectivity index (χ2n) is 3.63. The highest BCUT2D eigenvalue weighted by Gasteiger charge is 2.10. The molecular formula is C12H15NO5S. The maximum absolute atomic E-state index is 11.5. The number of ether oxygens (including phenoxy) is 1. The summed E-state index contributed by atoms with van der Waals surface area (Å²) in [5.74, 6) is -0.829. The van der Waals surface area contributed by atoms with E-state index in [1.807, 2.05) is 0 Å². The fourth-order valence-electron chi connectivity index (χ4n) is 1.29. The molecule has 1 amide bonds. The molecule has 0 radical (unpaired) electrons. The van der Waals surface area contributed by atoms with Crippen molar-refractivity contribution in [2.45, 2.75) is 0 Å². The third-order valence-electron chi connectivity index (χ3n) is 2.18. The number of amides is 1. The average Bonchev–Trinajstić information content (AvgIpc) is 2.34. The topological polar surface area (TPSA) is 95.9 Å². The van der Waals surface area contributed by atoms with Gasteiger partial charge in [-0.05, 0) is 12.1 Å². The smallest absolute Gasteiger partial charge is 0.339 e. The molecule has 0 spiro atoms. The van der Waals surface area contributed by atoms with Crippen LogP contribution in [0.3, 0.4) is 0 Å². The number of anilines is 1. The van der Waals surface area contributed by atoms with Crippen LogP contribution in [-0.4, -0.2) is 47.3 Å². The highest BCUT2D eigenvalue weighted by atomic mass is 32.2. The molecule has 0 atom stereocenters. The van der Waals surface area contributed by atoms with E-state index < -0.39 is 5.97 Å². The minimum atomic E-state index is -1.22. The summed E-state index contributed by atoms with van der Waals surface area (Å²) in [6.07, 6.45) is 0. The molecule has 1 rings (SSSR count). The first kappa shape index (κ1) is 15.3. The molecule has 1 aromatic carbocycles. The zero-order chi connectivity index (χ0) is 14.3. The van der Waals surface area contributed by atoms with E-state index in [0.717, 1.165) is 0 Å². The van der Waals surface area contributed by atoms with Crippen molar-refractivity contribution in [2.24, 2.45) is 0 Å². The Bertz CT molecular complexity index is 463. The minimum absolute atomic E-state index is 0.201. The highest BCUT2D eigenvalue weighted by Crippen LogP contribution is 2.22. The summed E-state index contributed by atoms with van der Waals surface area (Å²) < 4.78 is 4.85. The Morgan fingerprint density at radius 1 is 1.42 bits per heavy atom. The quantitative estimate of drug-likeness (QED) is 0.655. The largest absolute Gasteiger partial charge is 0.507 e. The van der Waals surface area contributed by atoms with Crippen molar-refractivity contribution >= 4 is 29.3 Å². The third-order valence-corrected chi connectivity index (χ3v) is 3.10. The van der Waals surface area contributed by atoms with Crippen molar-refractivity contribution in [3.8, 4) is 5.75 Å². The van der Waals surface area contributed by atoms with Gasteiger partial charge in [0.2, 0.25) is 5.91 Å². The van der Waals surface area contributed by atoms with Crippen molar-refractivity contribution in [3.05, 3.63) is 23.8 Å². The first-order valence-corrected chi connectivity index (χ1v) is 6.63. The molecule has 0 bridgehead atoms. The SMILES string of the molecule is COCCSCC(=O)Nc1ccc(C(=O)O)c(O)c1. The van der Waals surface area contributed by atoms with Crippen molar-refractivity contribution in [1.29, 1.82) is 0 Å².